The van der Waals surface area contributed by atoms with Gasteiger partial charge in [0.2, 0.25) is 0 Å². The number of hydrogen-bond acceptors (Lipinski definition) is 7. The molecule has 1 aromatic heterocycles. The number of aliphatic hydroxyl groups excluding tert-OH is 1. The van der Waals surface area contributed by atoms with Crippen molar-refractivity contribution in [3.05, 3.63) is 83.9 Å². The highest BCUT2D eigenvalue weighted by Gasteiger charge is 2.35. The SMILES string of the molecule is C[C@H]1CN([C@@H](C)CO)C(=O)c2cccc(NS(=O)(=O)c3ccc(F)cc3)c2O[C@H]1CN(C)Cc1ccncc1. The van der Waals surface area contributed by atoms with E-state index in [9.17, 15) is 22.7 Å². The predicted octanol–water partition coefficient (Wildman–Crippen LogP) is 3.37. The molecule has 208 valence electrons. The Bertz CT molecular complexity index is 1390. The van der Waals surface area contributed by atoms with E-state index in [0.29, 0.717) is 19.6 Å². The smallest absolute Gasteiger partial charge is 0.262 e. The number of sulfonamides is 1. The monoisotopic (exact) mass is 556 g/mol. The largest absolute Gasteiger partial charge is 0.486 e. The molecular weight excluding hydrogens is 523 g/mol. The molecule has 0 spiro atoms. The fourth-order valence-electron chi connectivity index (χ4n) is 4.53. The number of nitrogens with zero attached hydrogens (tertiary/aromatic N) is 3. The molecule has 3 aromatic rings. The second-order valence-electron chi connectivity index (χ2n) is 9.92. The first kappa shape index (κ1) is 28.5. The van der Waals surface area contributed by atoms with Gasteiger partial charge in [0.15, 0.2) is 5.75 Å². The van der Waals surface area contributed by atoms with Crippen LogP contribution in [-0.4, -0.2) is 73.1 Å². The van der Waals surface area contributed by atoms with Gasteiger partial charge in [0, 0.05) is 37.9 Å². The summed E-state index contributed by atoms with van der Waals surface area (Å²) in [5, 5.41) is 9.87. The molecule has 0 unspecified atom stereocenters. The van der Waals surface area contributed by atoms with Crippen LogP contribution in [0.5, 0.6) is 5.75 Å². The normalized spacial score (nSPS) is 18.6. The summed E-state index contributed by atoms with van der Waals surface area (Å²) >= 11 is 0. The number of halogens is 1. The Balaban J connectivity index is 1.71. The summed E-state index contributed by atoms with van der Waals surface area (Å²) in [5.74, 6) is -0.974. The Hall–Kier alpha value is -3.54. The molecule has 9 nitrogen and oxygen atoms in total. The van der Waals surface area contributed by atoms with Crippen molar-refractivity contribution >= 4 is 21.6 Å². The lowest BCUT2D eigenvalue weighted by molar-refractivity contribution is 0.0344. The van der Waals surface area contributed by atoms with Crippen LogP contribution in [0.4, 0.5) is 10.1 Å². The molecule has 0 radical (unpaired) electrons. The predicted molar refractivity (Wildman–Crippen MR) is 145 cm³/mol. The van der Waals surface area contributed by atoms with Crippen molar-refractivity contribution in [2.24, 2.45) is 5.92 Å². The zero-order valence-corrected chi connectivity index (χ0v) is 22.9. The van der Waals surface area contributed by atoms with Crippen molar-refractivity contribution in [3.8, 4) is 5.75 Å². The lowest BCUT2D eigenvalue weighted by Crippen LogP contribution is -2.49. The Kier molecular flexibility index (Phi) is 8.83. The first-order chi connectivity index (χ1) is 18.6. The van der Waals surface area contributed by atoms with Crippen LogP contribution in [0, 0.1) is 11.7 Å². The molecule has 0 saturated heterocycles. The minimum absolute atomic E-state index is 0.0951. The summed E-state index contributed by atoms with van der Waals surface area (Å²) in [6.45, 7) is 4.97. The second kappa shape index (κ2) is 12.1. The van der Waals surface area contributed by atoms with Crippen LogP contribution in [0.3, 0.4) is 0 Å². The number of nitrogens with one attached hydrogen (secondary N) is 1. The van der Waals surface area contributed by atoms with E-state index in [4.69, 9.17) is 4.74 Å². The summed E-state index contributed by atoms with van der Waals surface area (Å²) < 4.78 is 48.7. The standard InChI is InChI=1S/C28H33FN4O5S/c1-19-15-33(20(2)18-34)28(35)24-5-4-6-25(31-39(36,37)23-9-7-22(29)8-10-23)27(24)38-26(19)17-32(3)16-21-11-13-30-14-12-21/h4-14,19-20,26,31,34H,15-18H2,1-3H3/t19-,20-,26-/m0/s1. The Labute approximate surface area is 228 Å². The van der Waals surface area contributed by atoms with Gasteiger partial charge in [0.05, 0.1) is 28.8 Å². The minimum Gasteiger partial charge on any atom is -0.486 e. The average Bonchev–Trinajstić information content (AvgIpc) is 2.91. The maximum absolute atomic E-state index is 13.6. The zero-order valence-electron chi connectivity index (χ0n) is 22.1. The zero-order chi connectivity index (χ0) is 28.2. The van der Waals surface area contributed by atoms with Crippen LogP contribution in [0.15, 0.2) is 71.9 Å². The molecule has 0 bridgehead atoms. The Morgan fingerprint density at radius 3 is 2.54 bits per heavy atom. The van der Waals surface area contributed by atoms with Crippen molar-refractivity contribution in [1.82, 2.24) is 14.8 Å². The van der Waals surface area contributed by atoms with Gasteiger partial charge in [0.25, 0.3) is 15.9 Å². The van der Waals surface area contributed by atoms with Crippen molar-refractivity contribution in [1.29, 1.82) is 0 Å². The van der Waals surface area contributed by atoms with Crippen molar-refractivity contribution in [2.45, 2.75) is 37.4 Å². The first-order valence-corrected chi connectivity index (χ1v) is 14.1. The third-order valence-corrected chi connectivity index (χ3v) is 8.13. The van der Waals surface area contributed by atoms with E-state index in [1.807, 2.05) is 26.1 Å². The number of ether oxygens (including phenoxy) is 1. The van der Waals surface area contributed by atoms with Gasteiger partial charge in [-0.15, -0.1) is 0 Å². The van der Waals surface area contributed by atoms with Crippen LogP contribution < -0.4 is 9.46 Å². The molecule has 4 rings (SSSR count). The van der Waals surface area contributed by atoms with E-state index in [1.54, 1.807) is 36.4 Å². The number of benzene rings is 2. The number of carbonyl (C=O) groups is 1. The third kappa shape index (κ3) is 6.73. The van der Waals surface area contributed by atoms with E-state index >= 15 is 0 Å². The highest BCUT2D eigenvalue weighted by molar-refractivity contribution is 7.92. The third-order valence-electron chi connectivity index (χ3n) is 6.75. The number of fused-ring (bicyclic) bond motifs is 1. The summed E-state index contributed by atoms with van der Waals surface area (Å²) in [7, 11) is -2.15. The molecule has 2 aromatic carbocycles. The lowest BCUT2D eigenvalue weighted by Gasteiger charge is -2.38. The van der Waals surface area contributed by atoms with E-state index < -0.39 is 28.0 Å². The molecule has 0 aliphatic carbocycles. The van der Waals surface area contributed by atoms with Crippen LogP contribution in [0.2, 0.25) is 0 Å². The molecule has 2 N–H and O–H groups in total. The number of aromatic nitrogens is 1. The van der Waals surface area contributed by atoms with Gasteiger partial charge in [-0.25, -0.2) is 12.8 Å². The number of carbonyl (C=O) groups excluding carboxylic acids is 1. The minimum atomic E-state index is -4.11. The molecule has 1 aliphatic heterocycles. The van der Waals surface area contributed by atoms with Gasteiger partial charge in [-0.3, -0.25) is 19.4 Å². The number of aliphatic hydroxyl groups is 1. The fourth-order valence-corrected chi connectivity index (χ4v) is 5.59. The summed E-state index contributed by atoms with van der Waals surface area (Å²) in [6, 6.07) is 12.5. The van der Waals surface area contributed by atoms with Crippen LogP contribution in [-0.2, 0) is 16.6 Å². The molecule has 0 saturated carbocycles. The van der Waals surface area contributed by atoms with Crippen molar-refractivity contribution in [2.75, 3.05) is 31.5 Å². The molecule has 3 atom stereocenters. The topological polar surface area (TPSA) is 112 Å². The number of anilines is 1. The maximum atomic E-state index is 13.6. The lowest BCUT2D eigenvalue weighted by atomic mass is 9.99. The van der Waals surface area contributed by atoms with E-state index in [-0.39, 0.29) is 40.3 Å². The molecule has 11 heteroatoms. The Morgan fingerprint density at radius 2 is 1.87 bits per heavy atom. The fraction of sp³-hybridized carbons (Fsp3) is 0.357. The second-order valence-corrected chi connectivity index (χ2v) is 11.6. The van der Waals surface area contributed by atoms with Gasteiger partial charge >= 0.3 is 0 Å². The van der Waals surface area contributed by atoms with Gasteiger partial charge in [-0.05, 0) is 68.1 Å². The van der Waals surface area contributed by atoms with Crippen LogP contribution in [0.25, 0.3) is 0 Å². The average molecular weight is 557 g/mol. The molecule has 0 fully saturated rings. The van der Waals surface area contributed by atoms with E-state index in [0.717, 1.165) is 17.7 Å². The van der Waals surface area contributed by atoms with Gasteiger partial charge in [-0.1, -0.05) is 13.0 Å². The van der Waals surface area contributed by atoms with Crippen molar-refractivity contribution in [3.63, 3.8) is 0 Å². The quantitative estimate of drug-likeness (QED) is 0.416. The molecule has 1 aliphatic rings. The van der Waals surface area contributed by atoms with Gasteiger partial charge in [0.1, 0.15) is 11.9 Å². The molecule has 1 amide bonds. The van der Waals surface area contributed by atoms with Crippen LogP contribution in [0.1, 0.15) is 29.8 Å². The number of amides is 1. The van der Waals surface area contributed by atoms with Crippen LogP contribution >= 0.6 is 0 Å². The summed E-state index contributed by atoms with van der Waals surface area (Å²) in [5.41, 5.74) is 1.35. The number of hydrogen-bond donors (Lipinski definition) is 2. The number of para-hydroxylation sites is 1. The first-order valence-electron chi connectivity index (χ1n) is 12.7. The summed E-state index contributed by atoms with van der Waals surface area (Å²) in [4.78, 5) is 21.2. The summed E-state index contributed by atoms with van der Waals surface area (Å²) in [6.07, 6.45) is 3.04. The molecular formula is C28H33FN4O5S. The number of likely N-dealkylation sites (N-methyl/N-ethyl adjacent to an activating group) is 1. The van der Waals surface area contributed by atoms with Gasteiger partial charge < -0.3 is 14.7 Å². The van der Waals surface area contributed by atoms with Crippen molar-refractivity contribution < 1.29 is 27.4 Å². The number of pyridine rings is 1. The van der Waals surface area contributed by atoms with E-state index in [2.05, 4.69) is 14.6 Å². The van der Waals surface area contributed by atoms with E-state index in [1.165, 1.54) is 18.2 Å². The Morgan fingerprint density at radius 1 is 1.18 bits per heavy atom. The molecule has 39 heavy (non-hydrogen) atoms. The highest BCUT2D eigenvalue weighted by atomic mass is 32.2. The highest BCUT2D eigenvalue weighted by Crippen LogP contribution is 2.36. The maximum Gasteiger partial charge on any atom is 0.262 e. The molecule has 2 heterocycles. The van der Waals surface area contributed by atoms with Gasteiger partial charge in [-0.2, -0.15) is 0 Å². The number of rotatable bonds is 9.